The Morgan fingerprint density at radius 2 is 2.00 bits per heavy atom. The minimum absolute atomic E-state index is 0.554. The van der Waals surface area contributed by atoms with E-state index in [4.69, 9.17) is 5.73 Å². The lowest BCUT2D eigenvalue weighted by atomic mass is 9.95. The molecule has 0 amide bonds. The van der Waals surface area contributed by atoms with Gasteiger partial charge < -0.3 is 5.73 Å². The van der Waals surface area contributed by atoms with E-state index in [9.17, 15) is 0 Å². The summed E-state index contributed by atoms with van der Waals surface area (Å²) >= 11 is 0. The maximum absolute atomic E-state index is 5.60. The Morgan fingerprint density at radius 1 is 1.44 bits per heavy atom. The fourth-order valence-electron chi connectivity index (χ4n) is 1.38. The monoisotopic (exact) mass is 126 g/mol. The molecule has 2 N–H and O–H groups in total. The summed E-state index contributed by atoms with van der Waals surface area (Å²) in [7, 11) is 0. The largest absolute Gasteiger partial charge is 0.330 e. The van der Waals surface area contributed by atoms with Crippen LogP contribution in [0.5, 0.6) is 0 Å². The number of hydrogen-bond acceptors (Lipinski definition) is 1. The third-order valence-electron chi connectivity index (χ3n) is 2.12. The van der Waals surface area contributed by atoms with Crippen LogP contribution < -0.4 is 5.73 Å². The van der Waals surface area contributed by atoms with E-state index in [1.165, 1.54) is 25.2 Å². The fraction of sp³-hybridized carbons (Fsp3) is 0.875. The van der Waals surface area contributed by atoms with Crippen LogP contribution in [0.3, 0.4) is 0 Å². The van der Waals surface area contributed by atoms with Gasteiger partial charge in [0.15, 0.2) is 0 Å². The van der Waals surface area contributed by atoms with E-state index < -0.39 is 0 Å². The molecule has 1 aliphatic rings. The molecule has 1 heteroatoms. The van der Waals surface area contributed by atoms with Crippen LogP contribution in [0.15, 0.2) is 0 Å². The zero-order valence-corrected chi connectivity index (χ0v) is 6.41. The molecule has 0 saturated heterocycles. The molecular weight excluding hydrogens is 110 g/mol. The van der Waals surface area contributed by atoms with Crippen molar-refractivity contribution in [2.45, 2.75) is 33.1 Å². The second kappa shape index (κ2) is 2.30. The van der Waals surface area contributed by atoms with Crippen molar-refractivity contribution in [1.29, 1.82) is 0 Å². The molecule has 0 aromatic rings. The van der Waals surface area contributed by atoms with E-state index >= 15 is 0 Å². The zero-order chi connectivity index (χ0) is 6.91. The van der Waals surface area contributed by atoms with Gasteiger partial charge in [-0.15, -0.1) is 0 Å². The van der Waals surface area contributed by atoms with E-state index in [2.05, 4.69) is 13.8 Å². The highest BCUT2D eigenvalue weighted by molar-refractivity contribution is 5.00. The van der Waals surface area contributed by atoms with Crippen molar-refractivity contribution in [3.63, 3.8) is 0 Å². The summed E-state index contributed by atoms with van der Waals surface area (Å²) in [5.41, 5.74) is 6.16. The minimum Gasteiger partial charge on any atom is -0.330 e. The third-order valence-corrected chi connectivity index (χ3v) is 2.12. The van der Waals surface area contributed by atoms with Crippen molar-refractivity contribution in [1.82, 2.24) is 0 Å². The topological polar surface area (TPSA) is 26.0 Å². The Labute approximate surface area is 57.6 Å². The van der Waals surface area contributed by atoms with Crippen LogP contribution in [0, 0.1) is 11.3 Å². The smallest absolute Gasteiger partial charge is 0.00203 e. The zero-order valence-electron chi connectivity index (χ0n) is 6.41. The molecule has 0 spiro atoms. The highest BCUT2D eigenvalue weighted by Crippen LogP contribution is 2.49. The van der Waals surface area contributed by atoms with Gasteiger partial charge in [0.25, 0.3) is 0 Å². The van der Waals surface area contributed by atoms with E-state index in [0.29, 0.717) is 5.41 Å². The van der Waals surface area contributed by atoms with Gasteiger partial charge in [0.05, 0.1) is 0 Å². The molecule has 0 atom stereocenters. The molecule has 0 aliphatic heterocycles. The van der Waals surface area contributed by atoms with Gasteiger partial charge in [-0.25, -0.2) is 0 Å². The molecule has 0 bridgehead atoms. The lowest BCUT2D eigenvalue weighted by molar-refractivity contribution is 0.491. The molecule has 0 unspecified atom stereocenters. The van der Waals surface area contributed by atoms with Gasteiger partial charge in [-0.05, 0) is 37.1 Å². The van der Waals surface area contributed by atoms with E-state index in [1.807, 2.05) is 0 Å². The molecule has 1 nitrogen and oxygen atoms in total. The van der Waals surface area contributed by atoms with Crippen molar-refractivity contribution in [3.8, 4) is 0 Å². The van der Waals surface area contributed by atoms with Crippen LogP contribution in [0.25, 0.3) is 0 Å². The Hall–Kier alpha value is -0.0400. The van der Waals surface area contributed by atoms with E-state index in [-0.39, 0.29) is 0 Å². The molecule has 9 heavy (non-hydrogen) atoms. The first-order valence-electron chi connectivity index (χ1n) is 3.68. The average molecular weight is 126 g/mol. The van der Waals surface area contributed by atoms with Crippen LogP contribution in [0.2, 0.25) is 0 Å². The molecular formula is C8H16N. The van der Waals surface area contributed by atoms with Crippen LogP contribution in [0.1, 0.15) is 33.1 Å². The second-order valence-corrected chi connectivity index (χ2v) is 3.59. The summed E-state index contributed by atoms with van der Waals surface area (Å²) in [5, 5.41) is 0. The quantitative estimate of drug-likeness (QED) is 0.612. The Bertz CT molecular complexity index is 92.7. The van der Waals surface area contributed by atoms with Crippen LogP contribution in [0.4, 0.5) is 0 Å². The normalized spacial score (nSPS) is 22.7. The molecule has 1 radical (unpaired) electrons. The summed E-state index contributed by atoms with van der Waals surface area (Å²) in [6, 6.07) is 0. The maximum atomic E-state index is 5.60. The molecule has 1 aliphatic carbocycles. The van der Waals surface area contributed by atoms with Crippen molar-refractivity contribution in [2.75, 3.05) is 6.54 Å². The van der Waals surface area contributed by atoms with Crippen LogP contribution in [-0.2, 0) is 0 Å². The first kappa shape index (κ1) is 7.07. The molecule has 53 valence electrons. The molecule has 0 heterocycles. The third kappa shape index (κ3) is 1.68. The van der Waals surface area contributed by atoms with Crippen molar-refractivity contribution < 1.29 is 0 Å². The summed E-state index contributed by atoms with van der Waals surface area (Å²) in [5.74, 6) is 1.53. The number of rotatable bonds is 3. The molecule has 0 aromatic heterocycles. The van der Waals surface area contributed by atoms with Gasteiger partial charge in [0, 0.05) is 0 Å². The van der Waals surface area contributed by atoms with Gasteiger partial charge in [-0.3, -0.25) is 0 Å². The number of hydrogen-bond donors (Lipinski definition) is 1. The minimum atomic E-state index is 0.554. The fourth-order valence-corrected chi connectivity index (χ4v) is 1.38. The Morgan fingerprint density at radius 3 is 2.11 bits per heavy atom. The van der Waals surface area contributed by atoms with Gasteiger partial charge in [0.1, 0.15) is 0 Å². The maximum Gasteiger partial charge on any atom is -0.00203 e. The van der Waals surface area contributed by atoms with Crippen LogP contribution in [-0.4, -0.2) is 6.54 Å². The summed E-state index contributed by atoms with van der Waals surface area (Å²) in [6.45, 7) is 5.27. The summed E-state index contributed by atoms with van der Waals surface area (Å²) in [4.78, 5) is 0. The predicted molar refractivity (Wildman–Crippen MR) is 39.9 cm³/mol. The summed E-state index contributed by atoms with van der Waals surface area (Å²) in [6.07, 6.45) is 3.97. The van der Waals surface area contributed by atoms with E-state index in [0.717, 1.165) is 6.54 Å². The highest BCUT2D eigenvalue weighted by atomic mass is 14.6. The highest BCUT2D eigenvalue weighted by Gasteiger charge is 2.41. The predicted octanol–water partition coefficient (Wildman–Crippen LogP) is 1.73. The van der Waals surface area contributed by atoms with Crippen LogP contribution >= 0.6 is 0 Å². The van der Waals surface area contributed by atoms with Gasteiger partial charge in [0.2, 0.25) is 0 Å². The first-order valence-corrected chi connectivity index (χ1v) is 3.68. The molecule has 0 aromatic carbocycles. The van der Waals surface area contributed by atoms with Crippen molar-refractivity contribution >= 4 is 0 Å². The molecule has 1 rings (SSSR count). The van der Waals surface area contributed by atoms with Gasteiger partial charge >= 0.3 is 0 Å². The number of nitrogens with two attached hydrogens (primary N) is 1. The molecule has 1 fully saturated rings. The average Bonchev–Trinajstić information content (AvgIpc) is 2.48. The van der Waals surface area contributed by atoms with E-state index in [1.54, 1.807) is 0 Å². The standard InChI is InChI=1S/C8H16N/c1-7(2)5-8(6-9)3-4-8/h3-6,9H2,1-2H3. The van der Waals surface area contributed by atoms with Gasteiger partial charge in [-0.1, -0.05) is 13.8 Å². The van der Waals surface area contributed by atoms with Gasteiger partial charge in [-0.2, -0.15) is 0 Å². The second-order valence-electron chi connectivity index (χ2n) is 3.59. The molecule has 1 saturated carbocycles. The first-order chi connectivity index (χ1) is 4.18. The Kier molecular flexibility index (Phi) is 1.80. The SMILES string of the molecule is C[C](C)CC1(CN)CC1. The lowest BCUT2D eigenvalue weighted by Crippen LogP contribution is -2.16. The Balaban J connectivity index is 2.25. The van der Waals surface area contributed by atoms with Crippen molar-refractivity contribution in [2.24, 2.45) is 11.1 Å². The van der Waals surface area contributed by atoms with Crippen molar-refractivity contribution in [3.05, 3.63) is 5.92 Å². The summed E-state index contributed by atoms with van der Waals surface area (Å²) < 4.78 is 0. The lowest BCUT2D eigenvalue weighted by Gasteiger charge is -2.13.